The lowest BCUT2D eigenvalue weighted by Gasteiger charge is -2.23. The van der Waals surface area contributed by atoms with Crippen LogP contribution in [-0.2, 0) is 12.6 Å². The monoisotopic (exact) mass is 547 g/mol. The molecule has 1 atom stereocenters. The number of methoxy groups -OCH3 is 1. The Morgan fingerprint density at radius 2 is 1.89 bits per heavy atom. The Hall–Kier alpha value is -3.11. The molecule has 0 aromatic heterocycles. The van der Waals surface area contributed by atoms with E-state index in [4.69, 9.17) is 21.9 Å². The Balaban J connectivity index is 1.65. The highest BCUT2D eigenvalue weighted by Gasteiger charge is 2.31. The van der Waals surface area contributed by atoms with Crippen LogP contribution in [0.1, 0.15) is 28.3 Å². The van der Waals surface area contributed by atoms with Crippen LogP contribution in [0.15, 0.2) is 71.7 Å². The minimum Gasteiger partial charge on any atom is -0.496 e. The van der Waals surface area contributed by atoms with Crippen molar-refractivity contribution in [2.75, 3.05) is 24.7 Å². The number of para-hydroxylation sites is 1. The second kappa shape index (κ2) is 11.5. The highest BCUT2D eigenvalue weighted by atomic mass is 32.2. The van der Waals surface area contributed by atoms with Gasteiger partial charge in [-0.15, -0.1) is 0 Å². The van der Waals surface area contributed by atoms with Crippen LogP contribution in [0.4, 0.5) is 23.2 Å². The van der Waals surface area contributed by atoms with Gasteiger partial charge in [-0.25, -0.2) is 4.39 Å². The first-order valence-corrected chi connectivity index (χ1v) is 12.9. The average Bonchev–Trinajstić information content (AvgIpc) is 3.31. The molecule has 1 aliphatic rings. The number of hydrogen-bond donors (Lipinski definition) is 1. The summed E-state index contributed by atoms with van der Waals surface area (Å²) in [6.45, 7) is 2.49. The van der Waals surface area contributed by atoms with Crippen molar-refractivity contribution in [2.24, 2.45) is 4.99 Å². The van der Waals surface area contributed by atoms with Crippen molar-refractivity contribution in [3.63, 3.8) is 0 Å². The third-order valence-corrected chi connectivity index (χ3v) is 7.15. The van der Waals surface area contributed by atoms with E-state index in [1.807, 2.05) is 31.2 Å². The highest BCUT2D eigenvalue weighted by Crippen LogP contribution is 2.35. The van der Waals surface area contributed by atoms with Crippen LogP contribution in [0.3, 0.4) is 0 Å². The van der Waals surface area contributed by atoms with E-state index in [2.05, 4.69) is 5.32 Å². The van der Waals surface area contributed by atoms with E-state index in [1.165, 1.54) is 36.0 Å². The number of hydrogen-bond acceptors (Lipinski definition) is 4. The number of alkyl halides is 3. The molecule has 37 heavy (non-hydrogen) atoms. The summed E-state index contributed by atoms with van der Waals surface area (Å²) in [5, 5.41) is 3.80. The molecule has 1 aliphatic heterocycles. The summed E-state index contributed by atoms with van der Waals surface area (Å²) in [7, 11) is 1.60. The summed E-state index contributed by atoms with van der Waals surface area (Å²) < 4.78 is 59.0. The fourth-order valence-electron chi connectivity index (χ4n) is 4.12. The molecule has 0 saturated carbocycles. The maximum atomic E-state index is 13.9. The molecule has 0 spiro atoms. The highest BCUT2D eigenvalue weighted by molar-refractivity contribution is 8.14. The summed E-state index contributed by atoms with van der Waals surface area (Å²) in [5.74, 6) is 1.08. The number of nitrogens with zero attached hydrogens (tertiary/aromatic N) is 2. The first-order valence-electron chi connectivity index (χ1n) is 11.5. The maximum Gasteiger partial charge on any atom is 0.416 e. The van der Waals surface area contributed by atoms with E-state index < -0.39 is 17.8 Å². The smallest absolute Gasteiger partial charge is 0.416 e. The van der Waals surface area contributed by atoms with Gasteiger partial charge in [0.15, 0.2) is 10.3 Å². The van der Waals surface area contributed by atoms with Crippen LogP contribution < -0.4 is 10.1 Å². The number of thioether (sulfide) groups is 1. The van der Waals surface area contributed by atoms with Gasteiger partial charge in [0.2, 0.25) is 0 Å². The molecule has 3 aromatic carbocycles. The van der Waals surface area contributed by atoms with Gasteiger partial charge in [-0.3, -0.25) is 9.89 Å². The van der Waals surface area contributed by atoms with Gasteiger partial charge >= 0.3 is 6.18 Å². The van der Waals surface area contributed by atoms with Crippen molar-refractivity contribution in [1.29, 1.82) is 0 Å². The Bertz CT molecular complexity index is 1310. The first-order chi connectivity index (χ1) is 17.7. The lowest BCUT2D eigenvalue weighted by atomic mass is 9.97. The molecule has 1 fully saturated rings. The summed E-state index contributed by atoms with van der Waals surface area (Å²) in [6.07, 6.45) is -4.03. The molecule has 194 valence electrons. The standard InChI is InChI=1S/C27H25F4N3OS2/c1-17-6-3-11-22(24(17)35-2)23(15-18-7-4-9-20(28)14-18)33-26-34(12-13-37-26)25(36)32-21-10-5-8-19(16-21)27(29,30)31/h3-11,14,16,23H,12-13,15H2,1-2H3,(H,32,36). The molecule has 4 rings (SSSR count). The molecule has 0 bridgehead atoms. The van der Waals surface area contributed by atoms with Crippen LogP contribution in [0.2, 0.25) is 0 Å². The number of rotatable bonds is 6. The molecule has 1 heterocycles. The van der Waals surface area contributed by atoms with Gasteiger partial charge in [-0.2, -0.15) is 13.2 Å². The number of amidine groups is 1. The third kappa shape index (κ3) is 6.61. The van der Waals surface area contributed by atoms with Crippen molar-refractivity contribution in [3.8, 4) is 5.75 Å². The normalized spacial score (nSPS) is 15.6. The maximum absolute atomic E-state index is 13.9. The van der Waals surface area contributed by atoms with Gasteiger partial charge in [0, 0.05) is 23.5 Å². The molecule has 3 aromatic rings. The number of aliphatic imine (C=N–C) groups is 1. The van der Waals surface area contributed by atoms with Crippen LogP contribution in [0, 0.1) is 12.7 Å². The first kappa shape index (κ1) is 26.9. The molecular formula is C27H25F4N3OS2. The predicted octanol–water partition coefficient (Wildman–Crippen LogP) is 7.25. The Kier molecular flexibility index (Phi) is 8.39. The van der Waals surface area contributed by atoms with Gasteiger partial charge in [-0.1, -0.05) is 48.2 Å². The molecule has 1 unspecified atom stereocenters. The van der Waals surface area contributed by atoms with Crippen LogP contribution >= 0.6 is 24.0 Å². The minimum atomic E-state index is -4.45. The van der Waals surface area contributed by atoms with E-state index in [-0.39, 0.29) is 16.6 Å². The van der Waals surface area contributed by atoms with Gasteiger partial charge in [0.1, 0.15) is 11.6 Å². The van der Waals surface area contributed by atoms with Gasteiger partial charge < -0.3 is 10.1 Å². The number of benzene rings is 3. The third-order valence-electron chi connectivity index (χ3n) is 5.85. The molecule has 0 radical (unpaired) electrons. The van der Waals surface area contributed by atoms with E-state index in [0.717, 1.165) is 28.8 Å². The molecule has 1 N–H and O–H groups in total. The molecule has 10 heteroatoms. The zero-order valence-corrected chi connectivity index (χ0v) is 21.8. The van der Waals surface area contributed by atoms with E-state index in [9.17, 15) is 17.6 Å². The second-order valence-corrected chi connectivity index (χ2v) is 9.92. The van der Waals surface area contributed by atoms with E-state index in [0.29, 0.717) is 29.6 Å². The minimum absolute atomic E-state index is 0.243. The van der Waals surface area contributed by atoms with Crippen molar-refractivity contribution < 1.29 is 22.3 Å². The molecular weight excluding hydrogens is 522 g/mol. The van der Waals surface area contributed by atoms with Crippen LogP contribution in [0.25, 0.3) is 0 Å². The van der Waals surface area contributed by atoms with Crippen LogP contribution in [-0.4, -0.2) is 34.6 Å². The van der Waals surface area contributed by atoms with Gasteiger partial charge in [-0.05, 0) is 67.0 Å². The number of thiocarbonyl (C=S) groups is 1. The fraction of sp³-hybridized carbons (Fsp3) is 0.259. The van der Waals surface area contributed by atoms with Crippen molar-refractivity contribution >= 4 is 39.9 Å². The van der Waals surface area contributed by atoms with Crippen LogP contribution in [0.5, 0.6) is 5.75 Å². The average molecular weight is 548 g/mol. The van der Waals surface area contributed by atoms with Gasteiger partial charge in [0.05, 0.1) is 18.7 Å². The summed E-state index contributed by atoms with van der Waals surface area (Å²) in [5.41, 5.74) is 2.06. The van der Waals surface area contributed by atoms with Crippen molar-refractivity contribution in [1.82, 2.24) is 4.90 Å². The van der Waals surface area contributed by atoms with Crippen molar-refractivity contribution in [3.05, 3.63) is 94.8 Å². The lowest BCUT2D eigenvalue weighted by Crippen LogP contribution is -2.35. The predicted molar refractivity (Wildman–Crippen MR) is 145 cm³/mol. The summed E-state index contributed by atoms with van der Waals surface area (Å²) >= 11 is 7.07. The Morgan fingerprint density at radius 3 is 2.62 bits per heavy atom. The topological polar surface area (TPSA) is 36.9 Å². The quantitative estimate of drug-likeness (QED) is 0.260. The number of anilines is 1. The molecule has 1 saturated heterocycles. The van der Waals surface area contributed by atoms with E-state index in [1.54, 1.807) is 18.1 Å². The number of aryl methyl sites for hydroxylation is 1. The number of nitrogens with one attached hydrogen (secondary N) is 1. The Morgan fingerprint density at radius 1 is 1.14 bits per heavy atom. The molecule has 0 amide bonds. The summed E-state index contributed by atoms with van der Waals surface area (Å²) in [6, 6.07) is 16.7. The largest absolute Gasteiger partial charge is 0.496 e. The summed E-state index contributed by atoms with van der Waals surface area (Å²) in [4.78, 5) is 6.80. The number of halogens is 4. The fourth-order valence-corrected chi connectivity index (χ4v) is 5.47. The second-order valence-electron chi connectivity index (χ2n) is 8.47. The zero-order valence-electron chi connectivity index (χ0n) is 20.2. The molecule has 4 nitrogen and oxygen atoms in total. The molecule has 0 aliphatic carbocycles. The SMILES string of the molecule is COc1c(C)cccc1C(Cc1cccc(F)c1)N=C1SCCN1C(=S)Nc1cccc(C(F)(F)F)c1. The number of ether oxygens (including phenoxy) is 1. The zero-order chi connectivity index (χ0) is 26.6. The van der Waals surface area contributed by atoms with Crippen molar-refractivity contribution in [2.45, 2.75) is 25.6 Å². The Labute approximate surface area is 222 Å². The van der Waals surface area contributed by atoms with E-state index >= 15 is 0 Å². The lowest BCUT2D eigenvalue weighted by molar-refractivity contribution is -0.137. The van der Waals surface area contributed by atoms with Gasteiger partial charge in [0.25, 0.3) is 0 Å².